The highest BCUT2D eigenvalue weighted by atomic mass is 32.2. The molecule has 2 heterocycles. The van der Waals surface area contributed by atoms with Crippen LogP contribution in [0, 0.1) is 0 Å². The lowest BCUT2D eigenvalue weighted by Crippen LogP contribution is -2.27. The Morgan fingerprint density at radius 2 is 1.96 bits per heavy atom. The van der Waals surface area contributed by atoms with Gasteiger partial charge in [0, 0.05) is 33.6 Å². The Labute approximate surface area is 133 Å². The number of hydrogen-bond acceptors (Lipinski definition) is 5. The summed E-state index contributed by atoms with van der Waals surface area (Å²) in [6.45, 7) is 0. The smallest absolute Gasteiger partial charge is 0.376 e. The van der Waals surface area contributed by atoms with E-state index in [2.05, 4.69) is 9.17 Å². The maximum Gasteiger partial charge on any atom is 0.534 e. The lowest BCUT2D eigenvalue weighted by atomic mass is 10.1. The number of hydrogen-bond donors (Lipinski definition) is 0. The van der Waals surface area contributed by atoms with Crippen LogP contribution in [0.1, 0.15) is 0 Å². The van der Waals surface area contributed by atoms with E-state index in [1.165, 1.54) is 29.5 Å². The van der Waals surface area contributed by atoms with Gasteiger partial charge in [-0.05, 0) is 29.6 Å². The van der Waals surface area contributed by atoms with E-state index in [0.717, 1.165) is 16.5 Å². The Bertz CT molecular complexity index is 950. The molecular formula is C14H8F3NO3S2. The summed E-state index contributed by atoms with van der Waals surface area (Å²) in [5, 5.41) is 2.60. The van der Waals surface area contributed by atoms with Gasteiger partial charge in [-0.1, -0.05) is 6.07 Å². The Hall–Kier alpha value is -2.13. The number of halogens is 3. The van der Waals surface area contributed by atoms with Gasteiger partial charge in [0.2, 0.25) is 0 Å². The van der Waals surface area contributed by atoms with E-state index in [-0.39, 0.29) is 5.75 Å². The van der Waals surface area contributed by atoms with Crippen LogP contribution in [0.3, 0.4) is 0 Å². The maximum absolute atomic E-state index is 12.3. The number of fused-ring (bicyclic) bond motifs is 1. The van der Waals surface area contributed by atoms with Crippen molar-refractivity contribution in [2.45, 2.75) is 5.51 Å². The third-order valence-electron chi connectivity index (χ3n) is 3.01. The van der Waals surface area contributed by atoms with Gasteiger partial charge < -0.3 is 4.18 Å². The van der Waals surface area contributed by atoms with E-state index < -0.39 is 15.6 Å². The second kappa shape index (κ2) is 5.50. The Morgan fingerprint density at radius 1 is 1.17 bits per heavy atom. The van der Waals surface area contributed by atoms with Gasteiger partial charge in [0.1, 0.15) is 5.75 Å². The van der Waals surface area contributed by atoms with Crippen LogP contribution in [0.15, 0.2) is 48.1 Å². The van der Waals surface area contributed by atoms with Crippen molar-refractivity contribution in [1.29, 1.82) is 0 Å². The van der Waals surface area contributed by atoms with Crippen molar-refractivity contribution >= 4 is 31.5 Å². The summed E-state index contributed by atoms with van der Waals surface area (Å²) in [5.41, 5.74) is -3.74. The van der Waals surface area contributed by atoms with Crippen LogP contribution in [-0.4, -0.2) is 18.9 Å². The molecule has 4 nitrogen and oxygen atoms in total. The Balaban J connectivity index is 1.99. The summed E-state index contributed by atoms with van der Waals surface area (Å²) in [7, 11) is -5.67. The van der Waals surface area contributed by atoms with Crippen LogP contribution in [-0.2, 0) is 10.1 Å². The summed E-state index contributed by atoms with van der Waals surface area (Å²) in [4.78, 5) is 4.02. The minimum atomic E-state index is -5.67. The van der Waals surface area contributed by atoms with Crippen LogP contribution < -0.4 is 4.18 Å². The number of thiophene rings is 1. The van der Waals surface area contributed by atoms with Gasteiger partial charge in [0.25, 0.3) is 0 Å². The molecule has 0 aliphatic carbocycles. The van der Waals surface area contributed by atoms with Gasteiger partial charge in [-0.25, -0.2) is 0 Å². The molecule has 23 heavy (non-hydrogen) atoms. The minimum absolute atomic E-state index is 0.380. The van der Waals surface area contributed by atoms with Crippen LogP contribution in [0.25, 0.3) is 21.2 Å². The number of benzene rings is 1. The van der Waals surface area contributed by atoms with Crippen LogP contribution in [0.5, 0.6) is 5.75 Å². The van der Waals surface area contributed by atoms with Crippen molar-refractivity contribution < 1.29 is 25.8 Å². The molecule has 0 unspecified atom stereocenters. The minimum Gasteiger partial charge on any atom is -0.376 e. The highest BCUT2D eigenvalue weighted by Gasteiger charge is 2.48. The molecule has 2 aromatic heterocycles. The third-order valence-corrected chi connectivity index (χ3v) is 4.93. The van der Waals surface area contributed by atoms with Gasteiger partial charge >= 0.3 is 15.6 Å². The number of nitrogens with zero attached hydrogens (tertiary/aromatic N) is 1. The summed E-state index contributed by atoms with van der Waals surface area (Å²) >= 11 is 1.27. The van der Waals surface area contributed by atoms with Crippen LogP contribution in [0.4, 0.5) is 13.2 Å². The highest BCUT2D eigenvalue weighted by molar-refractivity contribution is 7.88. The molecule has 0 aliphatic heterocycles. The Kier molecular flexibility index (Phi) is 3.77. The summed E-state index contributed by atoms with van der Waals surface area (Å²) in [6, 6.07) is 7.61. The molecule has 0 radical (unpaired) electrons. The molecule has 9 heteroatoms. The Morgan fingerprint density at radius 3 is 2.61 bits per heavy atom. The fourth-order valence-electron chi connectivity index (χ4n) is 1.98. The molecular weight excluding hydrogens is 351 g/mol. The topological polar surface area (TPSA) is 56.3 Å². The second-order valence-corrected chi connectivity index (χ2v) is 6.98. The zero-order chi connectivity index (χ0) is 16.7. The largest absolute Gasteiger partial charge is 0.534 e. The molecule has 1 aromatic carbocycles. The predicted octanol–water partition coefficient (Wildman–Crippen LogP) is 4.19. The lowest BCUT2D eigenvalue weighted by Gasteiger charge is -2.09. The van der Waals surface area contributed by atoms with Crippen LogP contribution >= 0.6 is 11.3 Å². The van der Waals surface area contributed by atoms with E-state index in [4.69, 9.17) is 0 Å². The number of alkyl halides is 3. The van der Waals surface area contributed by atoms with Gasteiger partial charge in [0.15, 0.2) is 0 Å². The van der Waals surface area contributed by atoms with E-state index in [0.29, 0.717) is 4.70 Å². The molecule has 120 valence electrons. The van der Waals surface area contributed by atoms with Crippen molar-refractivity contribution in [2.24, 2.45) is 0 Å². The average molecular weight is 359 g/mol. The quantitative estimate of drug-likeness (QED) is 0.520. The van der Waals surface area contributed by atoms with E-state index in [1.54, 1.807) is 18.5 Å². The summed E-state index contributed by atoms with van der Waals surface area (Å²) in [5.74, 6) is -0.380. The molecule has 0 amide bonds. The molecule has 3 aromatic rings. The molecule has 0 N–H and O–H groups in total. The zero-order valence-electron chi connectivity index (χ0n) is 11.2. The molecule has 0 saturated carbocycles. The van der Waals surface area contributed by atoms with E-state index >= 15 is 0 Å². The first-order valence-electron chi connectivity index (χ1n) is 6.20. The fraction of sp³-hybridized carbons (Fsp3) is 0.0714. The van der Waals surface area contributed by atoms with Gasteiger partial charge in [-0.3, -0.25) is 4.98 Å². The highest BCUT2D eigenvalue weighted by Crippen LogP contribution is 2.36. The SMILES string of the molecule is O=S(=O)(Oc1ccc2c(-c3cccnc3)csc2c1)C(F)(F)F. The standard InChI is InChI=1S/C14H8F3NO3S2/c15-14(16,17)23(19,20)21-10-3-4-11-12(8-22-13(11)6-10)9-2-1-5-18-7-9/h1-8H. The normalized spacial score (nSPS) is 12.5. The van der Waals surface area contributed by atoms with Crippen molar-refractivity contribution in [2.75, 3.05) is 0 Å². The monoisotopic (exact) mass is 359 g/mol. The molecule has 3 rings (SSSR count). The number of aromatic nitrogens is 1. The van der Waals surface area contributed by atoms with Crippen molar-refractivity contribution in [3.8, 4) is 16.9 Å². The van der Waals surface area contributed by atoms with Gasteiger partial charge in [0.05, 0.1) is 0 Å². The van der Waals surface area contributed by atoms with Crippen molar-refractivity contribution in [3.63, 3.8) is 0 Å². The van der Waals surface area contributed by atoms with Gasteiger partial charge in [-0.15, -0.1) is 11.3 Å². The average Bonchev–Trinajstić information content (AvgIpc) is 2.89. The first-order valence-corrected chi connectivity index (χ1v) is 8.49. The molecule has 0 fully saturated rings. The molecule has 0 aliphatic rings. The maximum atomic E-state index is 12.3. The zero-order valence-corrected chi connectivity index (χ0v) is 12.9. The molecule has 0 spiro atoms. The summed E-state index contributed by atoms with van der Waals surface area (Å²) in [6.07, 6.45) is 3.30. The number of rotatable bonds is 3. The summed E-state index contributed by atoms with van der Waals surface area (Å²) < 4.78 is 63.8. The molecule has 0 saturated heterocycles. The first kappa shape index (κ1) is 15.8. The second-order valence-electron chi connectivity index (χ2n) is 4.53. The predicted molar refractivity (Wildman–Crippen MR) is 80.7 cm³/mol. The first-order chi connectivity index (χ1) is 10.8. The van der Waals surface area contributed by atoms with Crippen LogP contribution in [0.2, 0.25) is 0 Å². The van der Waals surface area contributed by atoms with Gasteiger partial charge in [-0.2, -0.15) is 21.6 Å². The van der Waals surface area contributed by atoms with Crippen molar-refractivity contribution in [1.82, 2.24) is 4.98 Å². The van der Waals surface area contributed by atoms with E-state index in [9.17, 15) is 21.6 Å². The number of pyridine rings is 1. The molecule has 0 bridgehead atoms. The lowest BCUT2D eigenvalue weighted by molar-refractivity contribution is -0.0500. The van der Waals surface area contributed by atoms with E-state index in [1.807, 2.05) is 11.4 Å². The fourth-order valence-corrected chi connectivity index (χ4v) is 3.43. The third kappa shape index (κ3) is 3.02. The van der Waals surface area contributed by atoms with Crippen molar-refractivity contribution in [3.05, 3.63) is 48.1 Å². The molecule has 0 atom stereocenters.